The molecule has 0 amide bonds. The van der Waals surface area contributed by atoms with Gasteiger partial charge in [0.15, 0.2) is 0 Å². The number of hydrogen-bond donors (Lipinski definition) is 1. The molecule has 1 atom stereocenters. The monoisotopic (exact) mass is 198 g/mol. The maximum Gasteiger partial charge on any atom is 0.0168 e. The van der Waals surface area contributed by atoms with Crippen molar-refractivity contribution in [1.82, 2.24) is 4.90 Å². The molecule has 0 spiro atoms. The highest BCUT2D eigenvalue weighted by atomic mass is 15.2. The number of rotatable bonds is 3. The van der Waals surface area contributed by atoms with Crippen molar-refractivity contribution in [1.29, 1.82) is 0 Å². The minimum atomic E-state index is 0.326. The molecule has 1 unspecified atom stereocenters. The molecule has 1 heterocycles. The molecule has 2 nitrogen and oxygen atoms in total. The molecule has 14 heavy (non-hydrogen) atoms. The van der Waals surface area contributed by atoms with E-state index in [9.17, 15) is 0 Å². The molecule has 0 aromatic carbocycles. The van der Waals surface area contributed by atoms with Crippen LogP contribution in [0.1, 0.15) is 47.0 Å². The first-order chi connectivity index (χ1) is 6.42. The third-order valence-electron chi connectivity index (χ3n) is 3.22. The third-order valence-corrected chi connectivity index (χ3v) is 3.22. The standard InChI is InChI=1S/C12H26N2/c1-10(2)8-12(3,4)14-7-5-6-11(13)9-14/h10-11H,5-9,13H2,1-4H3. The zero-order chi connectivity index (χ0) is 10.8. The first-order valence-electron chi connectivity index (χ1n) is 5.92. The van der Waals surface area contributed by atoms with Crippen LogP contribution in [-0.4, -0.2) is 29.6 Å². The Morgan fingerprint density at radius 2 is 2.07 bits per heavy atom. The van der Waals surface area contributed by atoms with E-state index in [2.05, 4.69) is 32.6 Å². The number of nitrogens with zero attached hydrogens (tertiary/aromatic N) is 1. The van der Waals surface area contributed by atoms with Crippen LogP contribution < -0.4 is 5.73 Å². The molecule has 1 aliphatic rings. The second-order valence-electron chi connectivity index (χ2n) is 5.76. The molecule has 1 aliphatic heterocycles. The fourth-order valence-corrected chi connectivity index (χ4v) is 2.69. The van der Waals surface area contributed by atoms with Crippen LogP contribution >= 0.6 is 0 Å². The highest BCUT2D eigenvalue weighted by molar-refractivity contribution is 4.87. The second kappa shape index (κ2) is 4.63. The second-order valence-corrected chi connectivity index (χ2v) is 5.76. The van der Waals surface area contributed by atoms with Crippen molar-refractivity contribution in [2.45, 2.75) is 58.5 Å². The molecule has 1 rings (SSSR count). The van der Waals surface area contributed by atoms with E-state index in [4.69, 9.17) is 5.73 Å². The van der Waals surface area contributed by atoms with Gasteiger partial charge in [0.2, 0.25) is 0 Å². The molecular weight excluding hydrogens is 172 g/mol. The van der Waals surface area contributed by atoms with Gasteiger partial charge in [-0.15, -0.1) is 0 Å². The van der Waals surface area contributed by atoms with E-state index >= 15 is 0 Å². The Hall–Kier alpha value is -0.0800. The minimum Gasteiger partial charge on any atom is -0.327 e. The van der Waals surface area contributed by atoms with Crippen LogP contribution in [0.25, 0.3) is 0 Å². The van der Waals surface area contributed by atoms with Crippen LogP contribution in [0.3, 0.4) is 0 Å². The van der Waals surface area contributed by atoms with Crippen LogP contribution in [0.5, 0.6) is 0 Å². The van der Waals surface area contributed by atoms with Gasteiger partial charge in [-0.25, -0.2) is 0 Å². The van der Waals surface area contributed by atoms with Crippen LogP contribution in [0.4, 0.5) is 0 Å². The fourth-order valence-electron chi connectivity index (χ4n) is 2.69. The predicted octanol–water partition coefficient (Wildman–Crippen LogP) is 2.23. The van der Waals surface area contributed by atoms with Crippen molar-refractivity contribution >= 4 is 0 Å². The van der Waals surface area contributed by atoms with Gasteiger partial charge in [-0.3, -0.25) is 4.90 Å². The highest BCUT2D eigenvalue weighted by Gasteiger charge is 2.30. The summed E-state index contributed by atoms with van der Waals surface area (Å²) in [7, 11) is 0. The maximum absolute atomic E-state index is 6.01. The molecule has 0 radical (unpaired) electrons. The van der Waals surface area contributed by atoms with Crippen molar-refractivity contribution in [2.75, 3.05) is 13.1 Å². The van der Waals surface area contributed by atoms with Crippen molar-refractivity contribution in [3.05, 3.63) is 0 Å². The Morgan fingerprint density at radius 3 is 2.57 bits per heavy atom. The van der Waals surface area contributed by atoms with Gasteiger partial charge >= 0.3 is 0 Å². The summed E-state index contributed by atoms with van der Waals surface area (Å²) in [4.78, 5) is 2.57. The van der Waals surface area contributed by atoms with Crippen LogP contribution in [0, 0.1) is 5.92 Å². The third kappa shape index (κ3) is 3.25. The summed E-state index contributed by atoms with van der Waals surface area (Å²) in [5, 5.41) is 0. The van der Waals surface area contributed by atoms with E-state index in [1.807, 2.05) is 0 Å². The number of hydrogen-bond acceptors (Lipinski definition) is 2. The smallest absolute Gasteiger partial charge is 0.0168 e. The van der Waals surface area contributed by atoms with Gasteiger partial charge in [-0.05, 0) is 45.6 Å². The Kier molecular flexibility index (Phi) is 3.96. The van der Waals surface area contributed by atoms with Gasteiger partial charge in [-0.2, -0.15) is 0 Å². The van der Waals surface area contributed by atoms with Crippen LogP contribution in [0.2, 0.25) is 0 Å². The van der Waals surface area contributed by atoms with Crippen LogP contribution in [-0.2, 0) is 0 Å². The van der Waals surface area contributed by atoms with Gasteiger partial charge in [0.05, 0.1) is 0 Å². The SMILES string of the molecule is CC(C)CC(C)(C)N1CCCC(N)C1. The molecule has 0 saturated carbocycles. The molecule has 1 fully saturated rings. The number of likely N-dealkylation sites (tertiary alicyclic amines) is 1. The average Bonchev–Trinajstić information content (AvgIpc) is 2.01. The Balaban J connectivity index is 2.52. The summed E-state index contributed by atoms with van der Waals surface area (Å²) in [6, 6.07) is 0.398. The Labute approximate surface area is 88.8 Å². The molecule has 0 bridgehead atoms. The van der Waals surface area contributed by atoms with Gasteiger partial charge in [-0.1, -0.05) is 13.8 Å². The number of nitrogens with two attached hydrogens (primary N) is 1. The summed E-state index contributed by atoms with van der Waals surface area (Å²) >= 11 is 0. The first-order valence-corrected chi connectivity index (χ1v) is 5.92. The van der Waals surface area contributed by atoms with E-state index in [1.54, 1.807) is 0 Å². The lowest BCUT2D eigenvalue weighted by Crippen LogP contribution is -2.53. The van der Waals surface area contributed by atoms with E-state index in [1.165, 1.54) is 25.8 Å². The largest absolute Gasteiger partial charge is 0.327 e. The molecule has 0 aromatic rings. The minimum absolute atomic E-state index is 0.326. The summed E-state index contributed by atoms with van der Waals surface area (Å²) in [5.41, 5.74) is 6.34. The molecule has 2 N–H and O–H groups in total. The highest BCUT2D eigenvalue weighted by Crippen LogP contribution is 2.26. The average molecular weight is 198 g/mol. The Morgan fingerprint density at radius 1 is 1.43 bits per heavy atom. The molecule has 0 aliphatic carbocycles. The van der Waals surface area contributed by atoms with Crippen molar-refractivity contribution < 1.29 is 0 Å². The fraction of sp³-hybridized carbons (Fsp3) is 1.00. The van der Waals surface area contributed by atoms with Crippen molar-refractivity contribution in [2.24, 2.45) is 11.7 Å². The Bertz CT molecular complexity index is 175. The van der Waals surface area contributed by atoms with E-state index in [0.29, 0.717) is 11.6 Å². The normalized spacial score (nSPS) is 25.7. The van der Waals surface area contributed by atoms with Gasteiger partial charge in [0.1, 0.15) is 0 Å². The number of piperidine rings is 1. The lowest BCUT2D eigenvalue weighted by Gasteiger charge is -2.43. The summed E-state index contributed by atoms with van der Waals surface area (Å²) < 4.78 is 0. The molecule has 1 saturated heterocycles. The summed E-state index contributed by atoms with van der Waals surface area (Å²) in [6.45, 7) is 11.6. The maximum atomic E-state index is 6.01. The summed E-state index contributed by atoms with van der Waals surface area (Å²) in [5.74, 6) is 0.767. The molecule has 84 valence electrons. The lowest BCUT2D eigenvalue weighted by atomic mass is 9.88. The van der Waals surface area contributed by atoms with E-state index in [0.717, 1.165) is 12.5 Å². The van der Waals surface area contributed by atoms with Gasteiger partial charge < -0.3 is 5.73 Å². The van der Waals surface area contributed by atoms with Gasteiger partial charge in [0, 0.05) is 18.1 Å². The summed E-state index contributed by atoms with van der Waals surface area (Å²) in [6.07, 6.45) is 3.73. The first kappa shape index (κ1) is 12.0. The van der Waals surface area contributed by atoms with Crippen molar-refractivity contribution in [3.8, 4) is 0 Å². The quantitative estimate of drug-likeness (QED) is 0.753. The van der Waals surface area contributed by atoms with E-state index in [-0.39, 0.29) is 0 Å². The topological polar surface area (TPSA) is 29.3 Å². The molecular formula is C12H26N2. The van der Waals surface area contributed by atoms with Gasteiger partial charge in [0.25, 0.3) is 0 Å². The van der Waals surface area contributed by atoms with E-state index < -0.39 is 0 Å². The molecule has 2 heteroatoms. The zero-order valence-electron chi connectivity index (χ0n) is 10.2. The molecule has 0 aromatic heterocycles. The zero-order valence-corrected chi connectivity index (χ0v) is 10.2. The van der Waals surface area contributed by atoms with Crippen LogP contribution in [0.15, 0.2) is 0 Å². The van der Waals surface area contributed by atoms with Crippen molar-refractivity contribution in [3.63, 3.8) is 0 Å². The lowest BCUT2D eigenvalue weighted by molar-refractivity contribution is 0.0689. The predicted molar refractivity (Wildman–Crippen MR) is 62.3 cm³/mol.